The molecule has 0 saturated heterocycles. The van der Waals surface area contributed by atoms with Crippen molar-refractivity contribution in [2.24, 2.45) is 0 Å². The minimum absolute atomic E-state index is 0.191. The first kappa shape index (κ1) is 13.1. The van der Waals surface area contributed by atoms with Crippen LogP contribution in [-0.4, -0.2) is 17.4 Å². The molecule has 0 atom stereocenters. The molecule has 4 nitrogen and oxygen atoms in total. The van der Waals surface area contributed by atoms with Crippen LogP contribution in [0.1, 0.15) is 16.1 Å². The van der Waals surface area contributed by atoms with Crippen LogP contribution in [0.2, 0.25) is 0 Å². The number of carbonyl (C=O) groups excluding carboxylic acids is 1. The lowest BCUT2D eigenvalue weighted by Gasteiger charge is -2.05. The summed E-state index contributed by atoms with van der Waals surface area (Å²) in [6.45, 7) is 0.646. The van der Waals surface area contributed by atoms with E-state index in [9.17, 15) is 4.79 Å². The Labute approximate surface area is 115 Å². The highest BCUT2D eigenvalue weighted by Crippen LogP contribution is 2.14. The molecule has 2 aromatic rings. The van der Waals surface area contributed by atoms with Crippen LogP contribution >= 0.6 is 11.3 Å². The van der Waals surface area contributed by atoms with Crippen LogP contribution in [0.3, 0.4) is 0 Å². The maximum atomic E-state index is 11.6. The zero-order valence-electron chi connectivity index (χ0n) is 10.1. The molecule has 0 aliphatic heterocycles. The summed E-state index contributed by atoms with van der Waals surface area (Å²) in [6.07, 6.45) is 5.08. The van der Waals surface area contributed by atoms with Gasteiger partial charge in [0, 0.05) is 10.9 Å². The molecule has 5 heteroatoms. The Morgan fingerprint density at radius 1 is 1.42 bits per heavy atom. The van der Waals surface area contributed by atoms with Crippen LogP contribution in [0.5, 0.6) is 5.75 Å². The normalized spacial score (nSPS) is 9.63. The van der Waals surface area contributed by atoms with E-state index < -0.39 is 0 Å². The van der Waals surface area contributed by atoms with Crippen LogP contribution in [-0.2, 0) is 6.61 Å². The lowest BCUT2D eigenvalue weighted by molar-refractivity contribution is 0.0958. The molecule has 19 heavy (non-hydrogen) atoms. The van der Waals surface area contributed by atoms with Gasteiger partial charge in [0.2, 0.25) is 0 Å². The van der Waals surface area contributed by atoms with Gasteiger partial charge in [-0.3, -0.25) is 4.79 Å². The largest absolute Gasteiger partial charge is 0.487 e. The highest BCUT2D eigenvalue weighted by atomic mass is 32.1. The van der Waals surface area contributed by atoms with E-state index in [1.54, 1.807) is 29.8 Å². The van der Waals surface area contributed by atoms with Gasteiger partial charge >= 0.3 is 0 Å². The van der Waals surface area contributed by atoms with Crippen molar-refractivity contribution in [2.75, 3.05) is 6.54 Å². The van der Waals surface area contributed by atoms with Crippen LogP contribution in [0, 0.1) is 12.3 Å². The number of ether oxygens (including phenoxy) is 1. The van der Waals surface area contributed by atoms with Crippen LogP contribution in [0.4, 0.5) is 0 Å². The molecular formula is C14H12N2O2S. The number of hydrogen-bond donors (Lipinski definition) is 1. The van der Waals surface area contributed by atoms with Gasteiger partial charge in [-0.15, -0.1) is 17.8 Å². The third-order valence-corrected chi connectivity index (χ3v) is 2.97. The monoisotopic (exact) mass is 272 g/mol. The second kappa shape index (κ2) is 6.57. The van der Waals surface area contributed by atoms with E-state index in [0.717, 1.165) is 5.69 Å². The minimum Gasteiger partial charge on any atom is -0.487 e. The number of rotatable bonds is 5. The molecule has 0 unspecified atom stereocenters. The van der Waals surface area contributed by atoms with E-state index in [4.69, 9.17) is 11.2 Å². The lowest BCUT2D eigenvalue weighted by atomic mass is 10.2. The van der Waals surface area contributed by atoms with E-state index in [2.05, 4.69) is 16.2 Å². The molecule has 2 rings (SSSR count). The Kier molecular flexibility index (Phi) is 4.54. The van der Waals surface area contributed by atoms with Crippen molar-refractivity contribution in [1.82, 2.24) is 10.3 Å². The van der Waals surface area contributed by atoms with Gasteiger partial charge in [-0.1, -0.05) is 5.92 Å². The molecule has 0 saturated carbocycles. The molecule has 0 aliphatic rings. The summed E-state index contributed by atoms with van der Waals surface area (Å²) in [5.74, 6) is 2.86. The first-order chi connectivity index (χ1) is 9.29. The number of thiazole rings is 1. The van der Waals surface area contributed by atoms with Gasteiger partial charge in [-0.25, -0.2) is 4.98 Å². The van der Waals surface area contributed by atoms with Crippen LogP contribution in [0.25, 0.3) is 0 Å². The van der Waals surface area contributed by atoms with E-state index in [0.29, 0.717) is 17.9 Å². The molecule has 1 aromatic carbocycles. The Hall–Kier alpha value is -2.32. The summed E-state index contributed by atoms with van der Waals surface area (Å²) in [5.41, 5.74) is 3.20. The number of benzene rings is 1. The fourth-order valence-corrected chi connectivity index (χ4v) is 1.95. The van der Waals surface area contributed by atoms with Gasteiger partial charge in [0.05, 0.1) is 17.7 Å². The smallest absolute Gasteiger partial charge is 0.252 e. The highest BCUT2D eigenvalue weighted by Gasteiger charge is 2.04. The number of hydrogen-bond acceptors (Lipinski definition) is 4. The maximum absolute atomic E-state index is 11.6. The maximum Gasteiger partial charge on any atom is 0.252 e. The summed E-state index contributed by atoms with van der Waals surface area (Å²) in [4.78, 5) is 15.7. The molecule has 0 bridgehead atoms. The predicted octanol–water partition coefficient (Wildman–Crippen LogP) is 2.09. The van der Waals surface area contributed by atoms with Crippen LogP contribution < -0.4 is 10.1 Å². The van der Waals surface area contributed by atoms with E-state index in [1.165, 1.54) is 11.3 Å². The van der Waals surface area contributed by atoms with Crippen LogP contribution in [0.15, 0.2) is 35.2 Å². The van der Waals surface area contributed by atoms with Gasteiger partial charge < -0.3 is 10.1 Å². The minimum atomic E-state index is -0.191. The second-order valence-corrected chi connectivity index (χ2v) is 4.40. The van der Waals surface area contributed by atoms with Crippen molar-refractivity contribution in [3.05, 3.63) is 46.4 Å². The molecule has 1 N–H and O–H groups in total. The Morgan fingerprint density at radius 3 is 2.84 bits per heavy atom. The van der Waals surface area contributed by atoms with Crippen molar-refractivity contribution < 1.29 is 9.53 Å². The van der Waals surface area contributed by atoms with Gasteiger partial charge in [-0.2, -0.15) is 0 Å². The Bertz CT molecular complexity index is 570. The lowest BCUT2D eigenvalue weighted by Crippen LogP contribution is -2.23. The third kappa shape index (κ3) is 3.83. The quantitative estimate of drug-likeness (QED) is 0.848. The molecule has 1 amide bonds. The molecule has 1 heterocycles. The number of aromatic nitrogens is 1. The molecule has 96 valence electrons. The van der Waals surface area contributed by atoms with E-state index in [1.807, 2.05) is 5.38 Å². The summed E-state index contributed by atoms with van der Waals surface area (Å²) in [6, 6.07) is 6.89. The summed E-state index contributed by atoms with van der Waals surface area (Å²) >= 11 is 1.53. The summed E-state index contributed by atoms with van der Waals surface area (Å²) < 4.78 is 5.55. The molecule has 1 aromatic heterocycles. The summed E-state index contributed by atoms with van der Waals surface area (Å²) in [5, 5.41) is 4.53. The topological polar surface area (TPSA) is 51.2 Å². The van der Waals surface area contributed by atoms with Crippen molar-refractivity contribution in [1.29, 1.82) is 0 Å². The first-order valence-electron chi connectivity index (χ1n) is 5.61. The highest BCUT2D eigenvalue weighted by molar-refractivity contribution is 7.07. The van der Waals surface area contributed by atoms with Crippen molar-refractivity contribution >= 4 is 17.2 Å². The molecule has 0 fully saturated rings. The van der Waals surface area contributed by atoms with E-state index in [-0.39, 0.29) is 12.5 Å². The van der Waals surface area contributed by atoms with Crippen molar-refractivity contribution in [3.8, 4) is 18.1 Å². The average Bonchev–Trinajstić information content (AvgIpc) is 2.96. The number of carbonyl (C=O) groups is 1. The fourth-order valence-electron chi connectivity index (χ4n) is 1.40. The Morgan fingerprint density at radius 2 is 2.21 bits per heavy atom. The standard InChI is InChI=1S/C14H12N2O2S/c1-2-7-15-14(17)11-3-5-13(6-4-11)18-8-12-9-19-10-16-12/h1,3-6,9-10H,7-8H2,(H,15,17). The number of nitrogens with zero attached hydrogens (tertiary/aromatic N) is 1. The number of terminal acetylenes is 1. The number of nitrogens with one attached hydrogen (secondary N) is 1. The first-order valence-corrected chi connectivity index (χ1v) is 6.55. The SMILES string of the molecule is C#CCNC(=O)c1ccc(OCc2cscn2)cc1. The number of amides is 1. The fraction of sp³-hybridized carbons (Fsp3) is 0.143. The molecule has 0 radical (unpaired) electrons. The molecule has 0 spiro atoms. The zero-order chi connectivity index (χ0) is 13.5. The second-order valence-electron chi connectivity index (χ2n) is 3.68. The van der Waals surface area contributed by atoms with E-state index >= 15 is 0 Å². The van der Waals surface area contributed by atoms with Gasteiger partial charge in [0.15, 0.2) is 0 Å². The van der Waals surface area contributed by atoms with Gasteiger partial charge in [0.25, 0.3) is 5.91 Å². The molecular weight excluding hydrogens is 260 g/mol. The summed E-state index contributed by atoms with van der Waals surface area (Å²) in [7, 11) is 0. The van der Waals surface area contributed by atoms with Gasteiger partial charge in [-0.05, 0) is 24.3 Å². The Balaban J connectivity index is 1.91. The predicted molar refractivity (Wildman–Crippen MR) is 74.1 cm³/mol. The average molecular weight is 272 g/mol. The molecule has 0 aliphatic carbocycles. The van der Waals surface area contributed by atoms with Crippen molar-refractivity contribution in [3.63, 3.8) is 0 Å². The van der Waals surface area contributed by atoms with Gasteiger partial charge in [0.1, 0.15) is 12.4 Å². The third-order valence-electron chi connectivity index (χ3n) is 2.34. The zero-order valence-corrected chi connectivity index (χ0v) is 10.9. The van der Waals surface area contributed by atoms with Crippen molar-refractivity contribution in [2.45, 2.75) is 6.61 Å².